The van der Waals surface area contributed by atoms with E-state index >= 15 is 8.78 Å². The SMILES string of the molecule is COCC(NC(C#N)C(F)(F)c1ccc2cc(Br)ccc2c1)c1ccccc1. The minimum atomic E-state index is -3.38. The highest BCUT2D eigenvalue weighted by Gasteiger charge is 2.43. The van der Waals surface area contributed by atoms with Crippen LogP contribution < -0.4 is 5.32 Å². The first-order valence-electron chi connectivity index (χ1n) is 8.73. The summed E-state index contributed by atoms with van der Waals surface area (Å²) < 4.78 is 36.5. The Balaban J connectivity index is 1.91. The molecule has 0 fully saturated rings. The van der Waals surface area contributed by atoms with Crippen LogP contribution in [0.2, 0.25) is 0 Å². The fourth-order valence-corrected chi connectivity index (χ4v) is 3.49. The Kier molecular flexibility index (Phi) is 6.40. The maximum Gasteiger partial charge on any atom is 0.301 e. The summed E-state index contributed by atoms with van der Waals surface area (Å²) in [6.45, 7) is 0.171. The molecule has 0 bridgehead atoms. The molecular weight excluding hydrogens is 426 g/mol. The van der Waals surface area contributed by atoms with Crippen LogP contribution in [0, 0.1) is 11.3 Å². The van der Waals surface area contributed by atoms with Gasteiger partial charge in [-0.25, -0.2) is 0 Å². The van der Waals surface area contributed by atoms with Crippen LogP contribution in [0.25, 0.3) is 10.8 Å². The molecule has 28 heavy (non-hydrogen) atoms. The second-order valence-electron chi connectivity index (χ2n) is 6.48. The van der Waals surface area contributed by atoms with E-state index in [0.29, 0.717) is 5.39 Å². The number of nitrogens with one attached hydrogen (secondary N) is 1. The number of fused-ring (bicyclic) bond motifs is 1. The lowest BCUT2D eigenvalue weighted by Gasteiger charge is -2.28. The van der Waals surface area contributed by atoms with Gasteiger partial charge in [0, 0.05) is 17.1 Å². The molecule has 144 valence electrons. The highest BCUT2D eigenvalue weighted by Crippen LogP contribution is 2.35. The highest BCUT2D eigenvalue weighted by atomic mass is 79.9. The maximum atomic E-state index is 15.2. The summed E-state index contributed by atoms with van der Waals surface area (Å²) in [6, 6.07) is 18.5. The van der Waals surface area contributed by atoms with Gasteiger partial charge in [0.1, 0.15) is 0 Å². The first-order chi connectivity index (χ1) is 13.5. The third-order valence-electron chi connectivity index (χ3n) is 4.58. The van der Waals surface area contributed by atoms with Gasteiger partial charge in [-0.1, -0.05) is 64.5 Å². The van der Waals surface area contributed by atoms with E-state index in [2.05, 4.69) is 21.2 Å². The normalized spacial score (nSPS) is 13.8. The molecule has 6 heteroatoms. The molecule has 0 amide bonds. The largest absolute Gasteiger partial charge is 0.383 e. The summed E-state index contributed by atoms with van der Waals surface area (Å²) in [7, 11) is 1.50. The van der Waals surface area contributed by atoms with E-state index in [1.54, 1.807) is 24.3 Å². The molecule has 0 aliphatic carbocycles. The van der Waals surface area contributed by atoms with Crippen molar-refractivity contribution in [2.45, 2.75) is 18.0 Å². The van der Waals surface area contributed by atoms with Crippen LogP contribution in [0.3, 0.4) is 0 Å². The molecule has 0 heterocycles. The second kappa shape index (κ2) is 8.78. The average Bonchev–Trinajstić information content (AvgIpc) is 2.71. The molecule has 3 nitrogen and oxygen atoms in total. The van der Waals surface area contributed by atoms with Gasteiger partial charge < -0.3 is 4.74 Å². The van der Waals surface area contributed by atoms with Crippen LogP contribution in [-0.2, 0) is 10.7 Å². The topological polar surface area (TPSA) is 45.0 Å². The molecule has 0 aromatic heterocycles. The molecule has 2 atom stereocenters. The first kappa shape index (κ1) is 20.4. The minimum absolute atomic E-state index is 0.171. The fourth-order valence-electron chi connectivity index (χ4n) is 3.11. The average molecular weight is 445 g/mol. The van der Waals surface area contributed by atoms with Crippen LogP contribution >= 0.6 is 15.9 Å². The van der Waals surface area contributed by atoms with Gasteiger partial charge in [-0.3, -0.25) is 5.32 Å². The summed E-state index contributed by atoms with van der Waals surface area (Å²) in [5.74, 6) is -3.38. The molecule has 0 saturated heterocycles. The zero-order valence-electron chi connectivity index (χ0n) is 15.2. The van der Waals surface area contributed by atoms with E-state index in [0.717, 1.165) is 15.4 Å². The number of hydrogen-bond acceptors (Lipinski definition) is 3. The Morgan fingerprint density at radius 1 is 1.07 bits per heavy atom. The summed E-state index contributed by atoms with van der Waals surface area (Å²) in [5.41, 5.74) is 0.578. The van der Waals surface area contributed by atoms with Gasteiger partial charge >= 0.3 is 5.92 Å². The van der Waals surface area contributed by atoms with Crippen LogP contribution in [0.5, 0.6) is 0 Å². The zero-order chi connectivity index (χ0) is 20.1. The van der Waals surface area contributed by atoms with Crippen molar-refractivity contribution in [1.82, 2.24) is 5.32 Å². The van der Waals surface area contributed by atoms with Gasteiger partial charge in [0.05, 0.1) is 18.7 Å². The Bertz CT molecular complexity index is 989. The van der Waals surface area contributed by atoms with Gasteiger partial charge in [0.15, 0.2) is 6.04 Å². The fraction of sp³-hybridized carbons (Fsp3) is 0.227. The van der Waals surface area contributed by atoms with Crippen molar-refractivity contribution >= 4 is 26.7 Å². The molecule has 3 aromatic rings. The van der Waals surface area contributed by atoms with Gasteiger partial charge in [-0.2, -0.15) is 14.0 Å². The molecule has 2 unspecified atom stereocenters. The van der Waals surface area contributed by atoms with E-state index in [-0.39, 0.29) is 12.2 Å². The van der Waals surface area contributed by atoms with Gasteiger partial charge in [-0.15, -0.1) is 0 Å². The monoisotopic (exact) mass is 444 g/mol. The van der Waals surface area contributed by atoms with Crippen LogP contribution in [-0.4, -0.2) is 19.8 Å². The van der Waals surface area contributed by atoms with Crippen molar-refractivity contribution in [2.24, 2.45) is 0 Å². The number of rotatable bonds is 7. The van der Waals surface area contributed by atoms with Crippen LogP contribution in [0.4, 0.5) is 8.78 Å². The lowest BCUT2D eigenvalue weighted by Crippen LogP contribution is -2.45. The number of alkyl halides is 2. The molecule has 1 N–H and O–H groups in total. The number of halogens is 3. The molecule has 0 aliphatic heterocycles. The van der Waals surface area contributed by atoms with Crippen LogP contribution in [0.15, 0.2) is 71.2 Å². The summed E-state index contributed by atoms with van der Waals surface area (Å²) in [4.78, 5) is 0. The van der Waals surface area contributed by atoms with Crippen molar-refractivity contribution in [2.75, 3.05) is 13.7 Å². The van der Waals surface area contributed by atoms with Gasteiger partial charge in [0.25, 0.3) is 0 Å². The Morgan fingerprint density at radius 3 is 2.43 bits per heavy atom. The first-order valence-corrected chi connectivity index (χ1v) is 9.52. The minimum Gasteiger partial charge on any atom is -0.383 e. The van der Waals surface area contributed by atoms with E-state index in [9.17, 15) is 5.26 Å². The standard InChI is InChI=1S/C22H19BrF2N2O/c1-28-14-20(15-5-3-2-4-6-15)27-21(13-26)22(24,25)18-9-7-17-12-19(23)10-8-16(17)11-18/h2-12,20-21,27H,14H2,1H3. The molecule has 0 spiro atoms. The van der Waals surface area contributed by atoms with Crippen LogP contribution in [0.1, 0.15) is 17.2 Å². The van der Waals surface area contributed by atoms with Crippen molar-refractivity contribution in [3.63, 3.8) is 0 Å². The van der Waals surface area contributed by atoms with E-state index in [1.165, 1.54) is 19.2 Å². The van der Waals surface area contributed by atoms with Crippen molar-refractivity contribution in [1.29, 1.82) is 5.26 Å². The second-order valence-corrected chi connectivity index (χ2v) is 7.39. The zero-order valence-corrected chi connectivity index (χ0v) is 16.8. The number of methoxy groups -OCH3 is 1. The maximum absolute atomic E-state index is 15.2. The van der Waals surface area contributed by atoms with E-state index in [4.69, 9.17) is 4.74 Å². The summed E-state index contributed by atoms with van der Waals surface area (Å²) in [6.07, 6.45) is 0. The lowest BCUT2D eigenvalue weighted by molar-refractivity contribution is -0.0316. The predicted octanol–water partition coefficient (Wildman–Crippen LogP) is 5.56. The summed E-state index contributed by atoms with van der Waals surface area (Å²) >= 11 is 3.38. The van der Waals surface area contributed by atoms with Crippen molar-refractivity contribution in [3.05, 3.63) is 82.3 Å². The van der Waals surface area contributed by atoms with E-state index < -0.39 is 18.0 Å². The summed E-state index contributed by atoms with van der Waals surface area (Å²) in [5, 5.41) is 13.8. The third kappa shape index (κ3) is 4.39. The lowest BCUT2D eigenvalue weighted by atomic mass is 9.97. The molecule has 0 aliphatic rings. The number of nitriles is 1. The number of hydrogen-bond donors (Lipinski definition) is 1. The predicted molar refractivity (Wildman–Crippen MR) is 109 cm³/mol. The van der Waals surface area contributed by atoms with E-state index in [1.807, 2.05) is 36.4 Å². The number of ether oxygens (including phenoxy) is 1. The third-order valence-corrected chi connectivity index (χ3v) is 5.08. The quantitative estimate of drug-likeness (QED) is 0.518. The smallest absolute Gasteiger partial charge is 0.301 e. The van der Waals surface area contributed by atoms with Gasteiger partial charge in [0.2, 0.25) is 0 Å². The van der Waals surface area contributed by atoms with Crippen molar-refractivity contribution < 1.29 is 13.5 Å². The number of benzene rings is 3. The Hall–Kier alpha value is -2.33. The molecular formula is C22H19BrF2N2O. The molecule has 0 radical (unpaired) electrons. The van der Waals surface area contributed by atoms with Crippen molar-refractivity contribution in [3.8, 4) is 6.07 Å². The molecule has 3 aromatic carbocycles. The van der Waals surface area contributed by atoms with Gasteiger partial charge in [-0.05, 0) is 34.5 Å². The Labute approximate surface area is 171 Å². The number of nitrogens with zero attached hydrogens (tertiary/aromatic N) is 1. The molecule has 3 rings (SSSR count). The molecule has 0 saturated carbocycles. The highest BCUT2D eigenvalue weighted by molar-refractivity contribution is 9.10. The Morgan fingerprint density at radius 2 is 1.75 bits per heavy atom.